The van der Waals surface area contributed by atoms with Gasteiger partial charge in [-0.1, -0.05) is 12.1 Å². The minimum Gasteiger partial charge on any atom is -0.383 e. The van der Waals surface area contributed by atoms with Crippen molar-refractivity contribution in [3.63, 3.8) is 0 Å². The van der Waals surface area contributed by atoms with Crippen LogP contribution < -0.4 is 0 Å². The van der Waals surface area contributed by atoms with Crippen molar-refractivity contribution < 1.29 is 13.2 Å². The number of alkyl halides is 1. The molecule has 108 valence electrons. The Morgan fingerprint density at radius 3 is 2.53 bits per heavy atom. The van der Waals surface area contributed by atoms with Gasteiger partial charge in [-0.05, 0) is 31.0 Å². The highest BCUT2D eigenvalue weighted by Crippen LogP contribution is 2.21. The maximum atomic E-state index is 12.6. The van der Waals surface area contributed by atoms with Crippen LogP contribution in [-0.4, -0.2) is 45.4 Å². The molecule has 4 nitrogen and oxygen atoms in total. The van der Waals surface area contributed by atoms with Gasteiger partial charge in [0.15, 0.2) is 0 Å². The van der Waals surface area contributed by atoms with Crippen molar-refractivity contribution in [3.05, 3.63) is 29.3 Å². The third-order valence-corrected chi connectivity index (χ3v) is 5.05. The van der Waals surface area contributed by atoms with Gasteiger partial charge in [-0.2, -0.15) is 4.31 Å². The predicted octanol–water partition coefficient (Wildman–Crippen LogP) is 2.18. The van der Waals surface area contributed by atoms with Gasteiger partial charge in [0.1, 0.15) is 0 Å². The number of hydrogen-bond acceptors (Lipinski definition) is 3. The molecule has 0 saturated heterocycles. The van der Waals surface area contributed by atoms with Crippen LogP contribution in [0, 0.1) is 13.8 Å². The summed E-state index contributed by atoms with van der Waals surface area (Å²) in [5.74, 6) is 0.258. The van der Waals surface area contributed by atoms with Gasteiger partial charge in [-0.25, -0.2) is 8.42 Å². The Hall–Kier alpha value is -0.620. The number of benzene rings is 1. The minimum absolute atomic E-state index is 0.258. The molecule has 0 saturated carbocycles. The van der Waals surface area contributed by atoms with Crippen molar-refractivity contribution in [2.75, 3.05) is 32.7 Å². The lowest BCUT2D eigenvalue weighted by atomic mass is 10.2. The van der Waals surface area contributed by atoms with E-state index in [1.54, 1.807) is 20.1 Å². The molecule has 0 aliphatic carbocycles. The second-order valence-electron chi connectivity index (χ2n) is 4.35. The quantitative estimate of drug-likeness (QED) is 0.725. The first-order chi connectivity index (χ1) is 8.93. The Morgan fingerprint density at radius 1 is 1.26 bits per heavy atom. The molecule has 0 atom stereocenters. The van der Waals surface area contributed by atoms with Crippen molar-refractivity contribution in [2.24, 2.45) is 0 Å². The summed E-state index contributed by atoms with van der Waals surface area (Å²) < 4.78 is 31.5. The molecule has 0 aliphatic rings. The van der Waals surface area contributed by atoms with Gasteiger partial charge < -0.3 is 4.74 Å². The SMILES string of the molecule is COCCN(CCCl)S(=O)(=O)c1cc(C)ccc1C. The van der Waals surface area contributed by atoms with Crippen LogP contribution in [-0.2, 0) is 14.8 Å². The molecular formula is C13H20ClNO3S. The molecule has 6 heteroatoms. The molecule has 1 aromatic carbocycles. The van der Waals surface area contributed by atoms with E-state index in [2.05, 4.69) is 0 Å². The summed E-state index contributed by atoms with van der Waals surface area (Å²) in [6.45, 7) is 4.60. The summed E-state index contributed by atoms with van der Waals surface area (Å²) in [5, 5.41) is 0. The molecule has 0 unspecified atom stereocenters. The van der Waals surface area contributed by atoms with Crippen LogP contribution in [0.4, 0.5) is 0 Å². The summed E-state index contributed by atoms with van der Waals surface area (Å²) in [6.07, 6.45) is 0. The van der Waals surface area contributed by atoms with Gasteiger partial charge in [0.2, 0.25) is 10.0 Å². The lowest BCUT2D eigenvalue weighted by molar-refractivity contribution is 0.180. The molecule has 19 heavy (non-hydrogen) atoms. The number of methoxy groups -OCH3 is 1. The highest BCUT2D eigenvalue weighted by molar-refractivity contribution is 7.89. The molecule has 1 rings (SSSR count). The Morgan fingerprint density at radius 2 is 1.95 bits per heavy atom. The number of sulfonamides is 1. The smallest absolute Gasteiger partial charge is 0.243 e. The third kappa shape index (κ3) is 4.18. The Balaban J connectivity index is 3.14. The lowest BCUT2D eigenvalue weighted by Gasteiger charge is -2.22. The highest BCUT2D eigenvalue weighted by atomic mass is 35.5. The van der Waals surface area contributed by atoms with Crippen LogP contribution in [0.5, 0.6) is 0 Å². The van der Waals surface area contributed by atoms with E-state index in [9.17, 15) is 8.42 Å². The minimum atomic E-state index is -3.52. The first-order valence-electron chi connectivity index (χ1n) is 6.05. The number of nitrogens with zero attached hydrogens (tertiary/aromatic N) is 1. The van der Waals surface area contributed by atoms with Crippen molar-refractivity contribution >= 4 is 21.6 Å². The molecule has 0 heterocycles. The van der Waals surface area contributed by atoms with E-state index in [1.165, 1.54) is 4.31 Å². The molecule has 0 N–H and O–H groups in total. The van der Waals surface area contributed by atoms with Gasteiger partial charge in [-0.15, -0.1) is 11.6 Å². The average Bonchev–Trinajstić information content (AvgIpc) is 2.37. The van der Waals surface area contributed by atoms with Crippen LogP contribution in [0.15, 0.2) is 23.1 Å². The van der Waals surface area contributed by atoms with Crippen LogP contribution in [0.3, 0.4) is 0 Å². The third-order valence-electron chi connectivity index (χ3n) is 2.84. The summed E-state index contributed by atoms with van der Waals surface area (Å²) in [7, 11) is -1.97. The molecule has 0 aliphatic heterocycles. The molecule has 0 spiro atoms. The summed E-state index contributed by atoms with van der Waals surface area (Å²) in [6, 6.07) is 5.41. The molecule has 0 amide bonds. The van der Waals surface area contributed by atoms with Gasteiger partial charge in [0, 0.05) is 26.1 Å². The largest absolute Gasteiger partial charge is 0.383 e. The maximum absolute atomic E-state index is 12.6. The fourth-order valence-electron chi connectivity index (χ4n) is 1.76. The number of rotatable bonds is 7. The zero-order chi connectivity index (χ0) is 14.5. The van der Waals surface area contributed by atoms with E-state index in [4.69, 9.17) is 16.3 Å². The van der Waals surface area contributed by atoms with Gasteiger partial charge in [0.25, 0.3) is 0 Å². The summed E-state index contributed by atoms with van der Waals surface area (Å²) in [5.41, 5.74) is 1.66. The highest BCUT2D eigenvalue weighted by Gasteiger charge is 2.25. The van der Waals surface area contributed by atoms with E-state index in [-0.39, 0.29) is 12.4 Å². The summed E-state index contributed by atoms with van der Waals surface area (Å²) in [4.78, 5) is 0.341. The maximum Gasteiger partial charge on any atom is 0.243 e. The number of ether oxygens (including phenoxy) is 1. The molecule has 0 bridgehead atoms. The standard InChI is InChI=1S/C13H20ClNO3S/c1-11-4-5-12(2)13(10-11)19(16,17)15(7-6-14)8-9-18-3/h4-5,10H,6-9H2,1-3H3. The monoisotopic (exact) mass is 305 g/mol. The molecule has 0 radical (unpaired) electrons. The first kappa shape index (κ1) is 16.4. The Bertz CT molecular complexity index is 517. The van der Waals surface area contributed by atoms with E-state index < -0.39 is 10.0 Å². The van der Waals surface area contributed by atoms with Crippen LogP contribution in [0.25, 0.3) is 0 Å². The Kier molecular flexibility index (Phi) is 6.26. The number of hydrogen-bond donors (Lipinski definition) is 0. The zero-order valence-corrected chi connectivity index (χ0v) is 13.1. The van der Waals surface area contributed by atoms with E-state index >= 15 is 0 Å². The van der Waals surface area contributed by atoms with Crippen LogP contribution >= 0.6 is 11.6 Å². The normalized spacial score (nSPS) is 12.1. The van der Waals surface area contributed by atoms with E-state index in [1.807, 2.05) is 19.1 Å². The van der Waals surface area contributed by atoms with E-state index in [0.717, 1.165) is 11.1 Å². The summed E-state index contributed by atoms with van der Waals surface area (Å²) >= 11 is 5.69. The van der Waals surface area contributed by atoms with Gasteiger partial charge >= 0.3 is 0 Å². The average molecular weight is 306 g/mol. The second-order valence-corrected chi connectivity index (χ2v) is 6.64. The molecular weight excluding hydrogens is 286 g/mol. The van der Waals surface area contributed by atoms with Crippen LogP contribution in [0.2, 0.25) is 0 Å². The van der Waals surface area contributed by atoms with E-state index in [0.29, 0.717) is 18.0 Å². The fourth-order valence-corrected chi connectivity index (χ4v) is 3.80. The Labute approximate surface area is 120 Å². The van der Waals surface area contributed by atoms with Crippen molar-refractivity contribution in [1.29, 1.82) is 0 Å². The molecule has 0 fully saturated rings. The van der Waals surface area contributed by atoms with Crippen molar-refractivity contribution in [1.82, 2.24) is 4.31 Å². The fraction of sp³-hybridized carbons (Fsp3) is 0.538. The number of aryl methyl sites for hydroxylation is 2. The topological polar surface area (TPSA) is 46.6 Å². The predicted molar refractivity (Wildman–Crippen MR) is 77.3 cm³/mol. The zero-order valence-electron chi connectivity index (χ0n) is 11.5. The molecule has 0 aromatic heterocycles. The van der Waals surface area contributed by atoms with Crippen molar-refractivity contribution in [3.8, 4) is 0 Å². The molecule has 1 aromatic rings. The van der Waals surface area contributed by atoms with Gasteiger partial charge in [0.05, 0.1) is 11.5 Å². The first-order valence-corrected chi connectivity index (χ1v) is 8.03. The second kappa shape index (κ2) is 7.24. The number of halogens is 1. The van der Waals surface area contributed by atoms with Crippen LogP contribution in [0.1, 0.15) is 11.1 Å². The lowest BCUT2D eigenvalue weighted by Crippen LogP contribution is -2.35. The van der Waals surface area contributed by atoms with Gasteiger partial charge in [-0.3, -0.25) is 0 Å². The van der Waals surface area contributed by atoms with Crippen molar-refractivity contribution in [2.45, 2.75) is 18.7 Å².